The fourth-order valence-electron chi connectivity index (χ4n) is 3.24. The molecule has 0 radical (unpaired) electrons. The molecule has 0 aromatic carbocycles. The summed E-state index contributed by atoms with van der Waals surface area (Å²) >= 11 is 0. The van der Waals surface area contributed by atoms with E-state index >= 15 is 0 Å². The van der Waals surface area contributed by atoms with Crippen molar-refractivity contribution in [2.24, 2.45) is 11.8 Å². The van der Waals surface area contributed by atoms with Crippen molar-refractivity contribution in [2.75, 3.05) is 11.4 Å². The van der Waals surface area contributed by atoms with Gasteiger partial charge >= 0.3 is 12.8 Å². The fraction of sp³-hybridized carbons (Fsp3) is 0.571. The van der Waals surface area contributed by atoms with Gasteiger partial charge in [-0.25, -0.2) is 4.98 Å². The summed E-state index contributed by atoms with van der Waals surface area (Å²) in [5.74, 6) is -0.801. The minimum absolute atomic E-state index is 0.0158. The highest BCUT2D eigenvalue weighted by Crippen LogP contribution is 2.53. The van der Waals surface area contributed by atoms with Gasteiger partial charge in [0.15, 0.2) is 17.5 Å². The van der Waals surface area contributed by atoms with Crippen molar-refractivity contribution in [3.05, 3.63) is 18.0 Å². The Hall–Kier alpha value is -2.15. The van der Waals surface area contributed by atoms with E-state index in [0.717, 1.165) is 12.3 Å². The highest BCUT2D eigenvalue weighted by Gasteiger charge is 2.60. The lowest BCUT2D eigenvalue weighted by molar-refractivity contribution is -0.210. The minimum atomic E-state index is -4.79. The molecule has 1 saturated carbocycles. The SMILES string of the molecule is N#Cc1ncc(N2C[C@@H]3C[C@@H]3C2[C@@H](O)C(F)(F)F)cc1OC(F)F. The van der Waals surface area contributed by atoms with E-state index in [0.29, 0.717) is 6.42 Å². The normalized spacial score (nSPS) is 26.9. The van der Waals surface area contributed by atoms with Crippen LogP contribution in [0.4, 0.5) is 27.6 Å². The molecule has 1 N–H and O–H groups in total. The Morgan fingerprint density at radius 1 is 1.42 bits per heavy atom. The number of aliphatic hydroxyl groups excluding tert-OH is 1. The lowest BCUT2D eigenvalue weighted by atomic mass is 10.1. The van der Waals surface area contributed by atoms with E-state index in [1.807, 2.05) is 0 Å². The van der Waals surface area contributed by atoms with Crippen molar-refractivity contribution in [2.45, 2.75) is 31.4 Å². The van der Waals surface area contributed by atoms with Crippen molar-refractivity contribution < 1.29 is 31.8 Å². The molecule has 1 saturated heterocycles. The second-order valence-corrected chi connectivity index (χ2v) is 5.82. The Kier molecular flexibility index (Phi) is 3.99. The third-order valence-electron chi connectivity index (χ3n) is 4.36. The van der Waals surface area contributed by atoms with Gasteiger partial charge in [-0.2, -0.15) is 27.2 Å². The molecule has 10 heteroatoms. The molecule has 1 unspecified atom stereocenters. The molecule has 4 atom stereocenters. The molecule has 2 heterocycles. The van der Waals surface area contributed by atoms with E-state index in [9.17, 15) is 27.1 Å². The quantitative estimate of drug-likeness (QED) is 0.845. The van der Waals surface area contributed by atoms with Crippen LogP contribution in [0.1, 0.15) is 12.1 Å². The smallest absolute Gasteiger partial charge is 0.416 e. The predicted molar refractivity (Wildman–Crippen MR) is 70.4 cm³/mol. The lowest BCUT2D eigenvalue weighted by Crippen LogP contribution is -2.49. The zero-order valence-corrected chi connectivity index (χ0v) is 12.0. The number of ether oxygens (including phenoxy) is 1. The van der Waals surface area contributed by atoms with E-state index in [1.165, 1.54) is 4.90 Å². The van der Waals surface area contributed by atoms with Gasteiger partial charge in [0, 0.05) is 12.6 Å². The highest BCUT2D eigenvalue weighted by molar-refractivity contribution is 5.55. The van der Waals surface area contributed by atoms with Crippen LogP contribution in [-0.2, 0) is 0 Å². The third kappa shape index (κ3) is 2.96. The first-order valence-corrected chi connectivity index (χ1v) is 7.08. The number of alkyl halides is 5. The van der Waals surface area contributed by atoms with Gasteiger partial charge in [-0.1, -0.05) is 0 Å². The van der Waals surface area contributed by atoms with Crippen LogP contribution in [0.3, 0.4) is 0 Å². The molecular formula is C14H12F5N3O2. The summed E-state index contributed by atoms with van der Waals surface area (Å²) < 4.78 is 67.7. The predicted octanol–water partition coefficient (Wildman–Crippen LogP) is 2.30. The molecule has 1 aromatic rings. The van der Waals surface area contributed by atoms with Crippen molar-refractivity contribution >= 4 is 5.69 Å². The van der Waals surface area contributed by atoms with Crippen LogP contribution in [0.25, 0.3) is 0 Å². The Morgan fingerprint density at radius 3 is 2.71 bits per heavy atom. The molecule has 130 valence electrons. The second-order valence-electron chi connectivity index (χ2n) is 5.82. The van der Waals surface area contributed by atoms with Crippen LogP contribution in [0.15, 0.2) is 12.3 Å². The Morgan fingerprint density at radius 2 is 2.12 bits per heavy atom. The topological polar surface area (TPSA) is 69.4 Å². The van der Waals surface area contributed by atoms with Gasteiger partial charge in [-0.05, 0) is 18.3 Å². The molecule has 1 aliphatic heterocycles. The fourth-order valence-corrected chi connectivity index (χ4v) is 3.24. The van der Waals surface area contributed by atoms with Crippen LogP contribution in [0.2, 0.25) is 0 Å². The van der Waals surface area contributed by atoms with Gasteiger partial charge in [0.25, 0.3) is 0 Å². The maximum absolute atomic E-state index is 12.9. The number of aromatic nitrogens is 1. The Labute approximate surface area is 133 Å². The van der Waals surface area contributed by atoms with E-state index in [2.05, 4.69) is 9.72 Å². The monoisotopic (exact) mass is 349 g/mol. The number of rotatable bonds is 4. The molecule has 0 amide bonds. The molecule has 1 aliphatic carbocycles. The second kappa shape index (κ2) is 5.73. The van der Waals surface area contributed by atoms with Gasteiger partial charge < -0.3 is 14.7 Å². The first-order chi connectivity index (χ1) is 11.2. The first-order valence-electron chi connectivity index (χ1n) is 7.08. The van der Waals surface area contributed by atoms with Crippen LogP contribution >= 0.6 is 0 Å². The van der Waals surface area contributed by atoms with Gasteiger partial charge in [0.1, 0.15) is 6.07 Å². The van der Waals surface area contributed by atoms with Crippen molar-refractivity contribution in [1.29, 1.82) is 5.26 Å². The summed E-state index contributed by atoms with van der Waals surface area (Å²) in [7, 11) is 0. The zero-order chi connectivity index (χ0) is 17.6. The molecular weight excluding hydrogens is 337 g/mol. The van der Waals surface area contributed by atoms with Crippen molar-refractivity contribution in [3.8, 4) is 11.8 Å². The number of hydrogen-bond donors (Lipinski definition) is 1. The maximum atomic E-state index is 12.9. The summed E-state index contributed by atoms with van der Waals surface area (Å²) in [5.41, 5.74) is -0.290. The molecule has 1 aromatic heterocycles. The number of halogens is 5. The molecule has 24 heavy (non-hydrogen) atoms. The summed E-state index contributed by atoms with van der Waals surface area (Å²) in [5, 5.41) is 18.5. The lowest BCUT2D eigenvalue weighted by Gasteiger charge is -2.33. The standard InChI is InChI=1S/C14H12F5N3O2/c15-13(16)24-10-2-7(4-21-9(10)3-20)22-5-6-1-8(6)11(22)12(23)14(17,18)19/h2,4,6,8,11-13,23H,1,5H2/t6-,8-,11?,12+/m0/s1. The summed E-state index contributed by atoms with van der Waals surface area (Å²) in [4.78, 5) is 4.96. The van der Waals surface area contributed by atoms with Crippen LogP contribution in [0, 0.1) is 23.2 Å². The summed E-state index contributed by atoms with van der Waals surface area (Å²) in [6.07, 6.45) is -5.64. The van der Waals surface area contributed by atoms with Gasteiger partial charge in [-0.3, -0.25) is 0 Å². The molecule has 5 nitrogen and oxygen atoms in total. The average Bonchev–Trinajstić information content (AvgIpc) is 3.16. The third-order valence-corrected chi connectivity index (χ3v) is 4.36. The number of aliphatic hydroxyl groups is 1. The highest BCUT2D eigenvalue weighted by atomic mass is 19.4. The number of nitriles is 1. The number of nitrogens with zero attached hydrogens (tertiary/aromatic N) is 3. The molecule has 0 bridgehead atoms. The minimum Gasteiger partial charge on any atom is -0.432 e. The number of anilines is 1. The maximum Gasteiger partial charge on any atom is 0.416 e. The molecule has 2 aliphatic rings. The molecule has 2 fully saturated rings. The number of fused-ring (bicyclic) bond motifs is 1. The van der Waals surface area contributed by atoms with Crippen LogP contribution in [0.5, 0.6) is 5.75 Å². The Balaban J connectivity index is 1.92. The summed E-state index contributed by atoms with van der Waals surface area (Å²) in [6, 6.07) is 1.43. The first kappa shape index (κ1) is 16.7. The Bertz CT molecular complexity index is 675. The molecule has 3 rings (SSSR count). The van der Waals surface area contributed by atoms with E-state index in [1.54, 1.807) is 6.07 Å². The van der Waals surface area contributed by atoms with E-state index in [4.69, 9.17) is 5.26 Å². The largest absolute Gasteiger partial charge is 0.432 e. The number of pyridine rings is 1. The van der Waals surface area contributed by atoms with Gasteiger partial charge in [-0.15, -0.1) is 0 Å². The zero-order valence-electron chi connectivity index (χ0n) is 12.0. The average molecular weight is 349 g/mol. The number of piperidine rings is 1. The molecule has 0 spiro atoms. The van der Waals surface area contributed by atoms with E-state index in [-0.39, 0.29) is 24.1 Å². The van der Waals surface area contributed by atoms with Gasteiger partial charge in [0.05, 0.1) is 17.9 Å². The van der Waals surface area contributed by atoms with Crippen LogP contribution in [-0.4, -0.2) is 41.6 Å². The van der Waals surface area contributed by atoms with Crippen molar-refractivity contribution in [3.63, 3.8) is 0 Å². The van der Waals surface area contributed by atoms with E-state index < -0.39 is 36.4 Å². The number of hydrogen-bond acceptors (Lipinski definition) is 5. The van der Waals surface area contributed by atoms with Crippen LogP contribution < -0.4 is 9.64 Å². The van der Waals surface area contributed by atoms with Gasteiger partial charge in [0.2, 0.25) is 0 Å². The van der Waals surface area contributed by atoms with Crippen molar-refractivity contribution in [1.82, 2.24) is 4.98 Å². The summed E-state index contributed by atoms with van der Waals surface area (Å²) in [6.45, 7) is -2.94.